The zero-order chi connectivity index (χ0) is 13.2. The molecule has 100 valence electrons. The van der Waals surface area contributed by atoms with Crippen molar-refractivity contribution >= 4 is 15.9 Å². The summed E-state index contributed by atoms with van der Waals surface area (Å²) in [5, 5.41) is 0. The summed E-state index contributed by atoms with van der Waals surface area (Å²) >= 11 is 3.54. The van der Waals surface area contributed by atoms with Gasteiger partial charge in [0, 0.05) is 12.6 Å². The molecule has 4 heteroatoms. The Morgan fingerprint density at radius 3 is 2.50 bits per heavy atom. The van der Waals surface area contributed by atoms with Crippen molar-refractivity contribution < 1.29 is 9.47 Å². The van der Waals surface area contributed by atoms with Crippen LogP contribution in [-0.2, 0) is 16.9 Å². The van der Waals surface area contributed by atoms with E-state index < -0.39 is 0 Å². The zero-order valence-electron chi connectivity index (χ0n) is 11.0. The molecule has 0 spiro atoms. The van der Waals surface area contributed by atoms with Crippen molar-refractivity contribution in [2.45, 2.75) is 37.8 Å². The first-order valence-electron chi connectivity index (χ1n) is 6.25. The summed E-state index contributed by atoms with van der Waals surface area (Å²) in [6.45, 7) is 0.567. The topological polar surface area (TPSA) is 44.5 Å². The van der Waals surface area contributed by atoms with Crippen LogP contribution in [0.5, 0.6) is 5.75 Å². The average Bonchev–Trinajstić information content (AvgIpc) is 2.79. The maximum absolute atomic E-state index is 6.55. The Balaban J connectivity index is 2.47. The second-order valence-electron chi connectivity index (χ2n) is 4.94. The van der Waals surface area contributed by atoms with E-state index in [-0.39, 0.29) is 5.54 Å². The molecule has 18 heavy (non-hydrogen) atoms. The van der Waals surface area contributed by atoms with E-state index in [0.29, 0.717) is 6.61 Å². The monoisotopic (exact) mass is 313 g/mol. The van der Waals surface area contributed by atoms with Crippen LogP contribution in [0, 0.1) is 0 Å². The van der Waals surface area contributed by atoms with Gasteiger partial charge in [0.25, 0.3) is 0 Å². The van der Waals surface area contributed by atoms with Crippen LogP contribution < -0.4 is 10.5 Å². The third-order valence-electron chi connectivity index (χ3n) is 3.71. The predicted molar refractivity (Wildman–Crippen MR) is 75.7 cm³/mol. The number of ether oxygens (including phenoxy) is 2. The van der Waals surface area contributed by atoms with Crippen molar-refractivity contribution in [2.75, 3.05) is 14.2 Å². The molecule has 2 rings (SSSR count). The summed E-state index contributed by atoms with van der Waals surface area (Å²) in [5.74, 6) is 0.826. The van der Waals surface area contributed by atoms with E-state index in [0.717, 1.165) is 28.6 Å². The standard InChI is InChI=1S/C14H20BrNO2/c1-17-9-10-7-13(18-2)12(15)8-11(10)14(16)5-3-4-6-14/h7-8H,3-6,9,16H2,1-2H3. The van der Waals surface area contributed by atoms with E-state index in [1.54, 1.807) is 14.2 Å². The van der Waals surface area contributed by atoms with Crippen LogP contribution in [0.15, 0.2) is 16.6 Å². The van der Waals surface area contributed by atoms with Gasteiger partial charge in [-0.3, -0.25) is 0 Å². The Morgan fingerprint density at radius 1 is 1.28 bits per heavy atom. The molecule has 0 radical (unpaired) electrons. The molecule has 1 fully saturated rings. The smallest absolute Gasteiger partial charge is 0.133 e. The highest BCUT2D eigenvalue weighted by Crippen LogP contribution is 2.41. The van der Waals surface area contributed by atoms with Gasteiger partial charge in [-0.25, -0.2) is 0 Å². The number of halogens is 1. The Kier molecular flexibility index (Phi) is 4.30. The van der Waals surface area contributed by atoms with E-state index in [1.165, 1.54) is 18.4 Å². The number of benzene rings is 1. The lowest BCUT2D eigenvalue weighted by atomic mass is 9.86. The van der Waals surface area contributed by atoms with Gasteiger partial charge in [0.1, 0.15) is 5.75 Å². The van der Waals surface area contributed by atoms with Crippen LogP contribution in [0.1, 0.15) is 36.8 Å². The van der Waals surface area contributed by atoms with Crippen molar-refractivity contribution in [1.29, 1.82) is 0 Å². The average molecular weight is 314 g/mol. The molecule has 1 aromatic carbocycles. The van der Waals surface area contributed by atoms with Gasteiger partial charge >= 0.3 is 0 Å². The van der Waals surface area contributed by atoms with E-state index in [2.05, 4.69) is 22.0 Å². The van der Waals surface area contributed by atoms with Crippen molar-refractivity contribution in [3.05, 3.63) is 27.7 Å². The lowest BCUT2D eigenvalue weighted by Crippen LogP contribution is -2.34. The van der Waals surface area contributed by atoms with E-state index >= 15 is 0 Å². The molecule has 0 atom stereocenters. The second-order valence-corrected chi connectivity index (χ2v) is 5.79. The molecule has 1 aliphatic rings. The van der Waals surface area contributed by atoms with Gasteiger partial charge in [-0.1, -0.05) is 12.8 Å². The SMILES string of the molecule is COCc1cc(OC)c(Br)cc1C1(N)CCCC1. The third-order valence-corrected chi connectivity index (χ3v) is 4.33. The molecule has 0 bridgehead atoms. The van der Waals surface area contributed by atoms with Crippen LogP contribution in [-0.4, -0.2) is 14.2 Å². The highest BCUT2D eigenvalue weighted by Gasteiger charge is 2.33. The van der Waals surface area contributed by atoms with Gasteiger partial charge in [-0.15, -0.1) is 0 Å². The number of hydrogen-bond acceptors (Lipinski definition) is 3. The second kappa shape index (κ2) is 5.59. The Morgan fingerprint density at radius 2 is 1.94 bits per heavy atom. The summed E-state index contributed by atoms with van der Waals surface area (Å²) in [6, 6.07) is 4.12. The number of hydrogen-bond donors (Lipinski definition) is 1. The van der Waals surface area contributed by atoms with Gasteiger partial charge in [-0.05, 0) is 52.0 Å². The highest BCUT2D eigenvalue weighted by molar-refractivity contribution is 9.10. The quantitative estimate of drug-likeness (QED) is 0.927. The van der Waals surface area contributed by atoms with Gasteiger partial charge in [-0.2, -0.15) is 0 Å². The highest BCUT2D eigenvalue weighted by atomic mass is 79.9. The molecule has 1 saturated carbocycles. The van der Waals surface area contributed by atoms with Crippen molar-refractivity contribution in [1.82, 2.24) is 0 Å². The molecule has 0 aliphatic heterocycles. The van der Waals surface area contributed by atoms with Gasteiger partial charge < -0.3 is 15.2 Å². The maximum Gasteiger partial charge on any atom is 0.133 e. The lowest BCUT2D eigenvalue weighted by Gasteiger charge is -2.28. The molecule has 0 saturated heterocycles. The Hall–Kier alpha value is -0.580. The van der Waals surface area contributed by atoms with Crippen LogP contribution in [0.25, 0.3) is 0 Å². The first-order chi connectivity index (χ1) is 8.60. The minimum absolute atomic E-state index is 0.206. The van der Waals surface area contributed by atoms with Gasteiger partial charge in [0.2, 0.25) is 0 Å². The lowest BCUT2D eigenvalue weighted by molar-refractivity contribution is 0.182. The van der Waals surface area contributed by atoms with E-state index in [4.69, 9.17) is 15.2 Å². The van der Waals surface area contributed by atoms with E-state index in [9.17, 15) is 0 Å². The molecule has 1 aromatic rings. The Labute approximate surface area is 117 Å². The first kappa shape index (κ1) is 13.8. The summed E-state index contributed by atoms with van der Waals surface area (Å²) in [5.41, 5.74) is 8.67. The zero-order valence-corrected chi connectivity index (χ0v) is 12.5. The van der Waals surface area contributed by atoms with Crippen LogP contribution >= 0.6 is 15.9 Å². The number of rotatable bonds is 4. The fourth-order valence-electron chi connectivity index (χ4n) is 2.77. The molecular formula is C14H20BrNO2. The Bertz CT molecular complexity index is 428. The maximum atomic E-state index is 6.55. The largest absolute Gasteiger partial charge is 0.496 e. The molecule has 0 aromatic heterocycles. The fourth-order valence-corrected chi connectivity index (χ4v) is 3.27. The molecule has 2 N–H and O–H groups in total. The van der Waals surface area contributed by atoms with Crippen molar-refractivity contribution in [3.63, 3.8) is 0 Å². The van der Waals surface area contributed by atoms with Crippen molar-refractivity contribution in [3.8, 4) is 5.75 Å². The predicted octanol–water partition coefficient (Wildman–Crippen LogP) is 3.33. The normalized spacial score (nSPS) is 18.0. The van der Waals surface area contributed by atoms with Gasteiger partial charge in [0.05, 0.1) is 18.2 Å². The summed E-state index contributed by atoms with van der Waals surface area (Å²) < 4.78 is 11.6. The van der Waals surface area contributed by atoms with Crippen LogP contribution in [0.4, 0.5) is 0 Å². The molecule has 0 amide bonds. The fraction of sp³-hybridized carbons (Fsp3) is 0.571. The number of nitrogens with two attached hydrogens (primary N) is 1. The van der Waals surface area contributed by atoms with Crippen LogP contribution in [0.3, 0.4) is 0 Å². The number of methoxy groups -OCH3 is 2. The summed E-state index contributed by atoms with van der Waals surface area (Å²) in [4.78, 5) is 0. The first-order valence-corrected chi connectivity index (χ1v) is 7.05. The van der Waals surface area contributed by atoms with Crippen molar-refractivity contribution in [2.24, 2.45) is 5.73 Å². The molecule has 0 unspecified atom stereocenters. The third kappa shape index (κ3) is 2.56. The van der Waals surface area contributed by atoms with E-state index in [1.807, 2.05) is 6.07 Å². The summed E-state index contributed by atoms with van der Waals surface area (Å²) in [6.07, 6.45) is 4.49. The molecule has 3 nitrogen and oxygen atoms in total. The molecule has 1 aliphatic carbocycles. The minimum atomic E-state index is -0.206. The molecule has 0 heterocycles. The van der Waals surface area contributed by atoms with Gasteiger partial charge in [0.15, 0.2) is 0 Å². The minimum Gasteiger partial charge on any atom is -0.496 e. The summed E-state index contributed by atoms with van der Waals surface area (Å²) in [7, 11) is 3.38. The van der Waals surface area contributed by atoms with Crippen LogP contribution in [0.2, 0.25) is 0 Å². The molecular weight excluding hydrogens is 294 g/mol.